The molecule has 122 valence electrons. The van der Waals surface area contributed by atoms with Gasteiger partial charge in [0.1, 0.15) is 0 Å². The summed E-state index contributed by atoms with van der Waals surface area (Å²) in [7, 11) is 3.36. The number of benzene rings is 1. The third-order valence-electron chi connectivity index (χ3n) is 3.62. The van der Waals surface area contributed by atoms with Crippen molar-refractivity contribution >= 4 is 12.4 Å². The Balaban J connectivity index is 0.00000400. The number of rotatable bonds is 9. The lowest BCUT2D eigenvalue weighted by atomic mass is 10.0. The Morgan fingerprint density at radius 1 is 1.00 bits per heavy atom. The van der Waals surface area contributed by atoms with Gasteiger partial charge in [0.05, 0.1) is 14.2 Å². The van der Waals surface area contributed by atoms with Crippen LogP contribution in [0.15, 0.2) is 18.2 Å². The van der Waals surface area contributed by atoms with Crippen LogP contribution in [0.5, 0.6) is 11.5 Å². The zero-order valence-corrected chi connectivity index (χ0v) is 14.8. The molecule has 0 amide bonds. The van der Waals surface area contributed by atoms with Crippen LogP contribution in [-0.2, 0) is 6.42 Å². The summed E-state index contributed by atoms with van der Waals surface area (Å²) in [6.45, 7) is 9.13. The fourth-order valence-corrected chi connectivity index (χ4v) is 2.60. The molecular formula is C17H30ClNO2. The average Bonchev–Trinajstić information content (AvgIpc) is 2.46. The maximum atomic E-state index is 5.38. The van der Waals surface area contributed by atoms with Crippen molar-refractivity contribution in [3.8, 4) is 11.5 Å². The molecule has 1 aromatic rings. The van der Waals surface area contributed by atoms with Crippen molar-refractivity contribution in [2.45, 2.75) is 46.1 Å². The third-order valence-corrected chi connectivity index (χ3v) is 3.62. The summed E-state index contributed by atoms with van der Waals surface area (Å²) in [5, 5.41) is 0. The van der Waals surface area contributed by atoms with Gasteiger partial charge in [-0.05, 0) is 57.0 Å². The van der Waals surface area contributed by atoms with Crippen LogP contribution in [0.4, 0.5) is 0 Å². The number of hydrogen-bond acceptors (Lipinski definition) is 3. The van der Waals surface area contributed by atoms with Crippen LogP contribution in [0.25, 0.3) is 0 Å². The highest BCUT2D eigenvalue weighted by molar-refractivity contribution is 5.85. The molecule has 21 heavy (non-hydrogen) atoms. The molecule has 0 heterocycles. The van der Waals surface area contributed by atoms with Gasteiger partial charge >= 0.3 is 0 Å². The van der Waals surface area contributed by atoms with Crippen molar-refractivity contribution in [2.75, 3.05) is 27.3 Å². The van der Waals surface area contributed by atoms with Crippen LogP contribution in [0.2, 0.25) is 0 Å². The molecule has 0 saturated carbocycles. The summed E-state index contributed by atoms with van der Waals surface area (Å²) < 4.78 is 10.7. The molecule has 0 aliphatic rings. The van der Waals surface area contributed by atoms with Crippen LogP contribution in [0.1, 0.15) is 39.2 Å². The minimum Gasteiger partial charge on any atom is -0.493 e. The Bertz CT molecular complexity index is 392. The SMILES string of the molecule is CCCN(CCC)C(C)Cc1ccc(OC)c(OC)c1.Cl. The van der Waals surface area contributed by atoms with Gasteiger partial charge in [-0.1, -0.05) is 19.9 Å². The van der Waals surface area contributed by atoms with Gasteiger partial charge in [-0.15, -0.1) is 12.4 Å². The highest BCUT2D eigenvalue weighted by Crippen LogP contribution is 2.28. The zero-order chi connectivity index (χ0) is 15.0. The monoisotopic (exact) mass is 315 g/mol. The fourth-order valence-electron chi connectivity index (χ4n) is 2.60. The van der Waals surface area contributed by atoms with Gasteiger partial charge < -0.3 is 14.4 Å². The van der Waals surface area contributed by atoms with Gasteiger partial charge in [-0.3, -0.25) is 0 Å². The molecule has 0 N–H and O–H groups in total. The van der Waals surface area contributed by atoms with Gasteiger partial charge in [0.2, 0.25) is 0 Å². The van der Waals surface area contributed by atoms with Crippen molar-refractivity contribution < 1.29 is 9.47 Å². The predicted octanol–water partition coefficient (Wildman–Crippen LogP) is 4.18. The van der Waals surface area contributed by atoms with E-state index in [1.54, 1.807) is 14.2 Å². The van der Waals surface area contributed by atoms with Crippen LogP contribution in [0, 0.1) is 0 Å². The first-order chi connectivity index (χ1) is 9.65. The molecule has 0 radical (unpaired) electrons. The molecule has 0 aromatic heterocycles. The van der Waals surface area contributed by atoms with E-state index in [9.17, 15) is 0 Å². The van der Waals surface area contributed by atoms with E-state index in [1.807, 2.05) is 6.07 Å². The minimum atomic E-state index is 0. The Labute approximate surface area is 136 Å². The number of ether oxygens (including phenoxy) is 2. The quantitative estimate of drug-likeness (QED) is 0.682. The molecule has 3 nitrogen and oxygen atoms in total. The van der Waals surface area contributed by atoms with E-state index in [2.05, 4.69) is 37.8 Å². The number of methoxy groups -OCH3 is 2. The molecule has 1 unspecified atom stereocenters. The highest BCUT2D eigenvalue weighted by atomic mass is 35.5. The predicted molar refractivity (Wildman–Crippen MR) is 92.1 cm³/mol. The Hall–Kier alpha value is -0.930. The first-order valence-electron chi connectivity index (χ1n) is 7.61. The molecule has 1 rings (SSSR count). The molecule has 0 saturated heterocycles. The molecule has 4 heteroatoms. The summed E-state index contributed by atoms with van der Waals surface area (Å²) in [5.41, 5.74) is 1.30. The second kappa shape index (κ2) is 10.7. The normalized spacial score (nSPS) is 11.9. The molecule has 0 bridgehead atoms. The first kappa shape index (κ1) is 20.1. The second-order valence-electron chi connectivity index (χ2n) is 5.28. The maximum absolute atomic E-state index is 5.38. The van der Waals surface area contributed by atoms with Crippen LogP contribution >= 0.6 is 12.4 Å². The number of hydrogen-bond donors (Lipinski definition) is 0. The van der Waals surface area contributed by atoms with E-state index in [-0.39, 0.29) is 12.4 Å². The van der Waals surface area contributed by atoms with E-state index in [1.165, 1.54) is 31.5 Å². The van der Waals surface area contributed by atoms with E-state index >= 15 is 0 Å². The maximum Gasteiger partial charge on any atom is 0.160 e. The summed E-state index contributed by atoms with van der Waals surface area (Å²) in [5.74, 6) is 1.61. The molecule has 0 spiro atoms. The lowest BCUT2D eigenvalue weighted by Crippen LogP contribution is -2.35. The number of halogens is 1. The van der Waals surface area contributed by atoms with Crippen molar-refractivity contribution in [2.24, 2.45) is 0 Å². The van der Waals surface area contributed by atoms with Gasteiger partial charge in [0.15, 0.2) is 11.5 Å². The topological polar surface area (TPSA) is 21.7 Å². The fraction of sp³-hybridized carbons (Fsp3) is 0.647. The standard InChI is InChI=1S/C17H29NO2.ClH/c1-6-10-18(11-7-2)14(3)12-15-8-9-16(19-4)17(13-15)20-5;/h8-9,13-14H,6-7,10-12H2,1-5H3;1H. The van der Waals surface area contributed by atoms with Crippen molar-refractivity contribution in [3.05, 3.63) is 23.8 Å². The van der Waals surface area contributed by atoms with Gasteiger partial charge in [-0.2, -0.15) is 0 Å². The summed E-state index contributed by atoms with van der Waals surface area (Å²) in [4.78, 5) is 2.57. The Morgan fingerprint density at radius 3 is 2.05 bits per heavy atom. The summed E-state index contributed by atoms with van der Waals surface area (Å²) >= 11 is 0. The second-order valence-corrected chi connectivity index (χ2v) is 5.28. The minimum absolute atomic E-state index is 0. The van der Waals surface area contributed by atoms with Gasteiger partial charge in [0.25, 0.3) is 0 Å². The van der Waals surface area contributed by atoms with Crippen LogP contribution in [-0.4, -0.2) is 38.3 Å². The lowest BCUT2D eigenvalue weighted by molar-refractivity contribution is 0.208. The molecule has 0 aliphatic heterocycles. The lowest BCUT2D eigenvalue weighted by Gasteiger charge is -2.28. The van der Waals surface area contributed by atoms with Gasteiger partial charge in [0, 0.05) is 6.04 Å². The highest BCUT2D eigenvalue weighted by Gasteiger charge is 2.14. The van der Waals surface area contributed by atoms with E-state index in [4.69, 9.17) is 9.47 Å². The van der Waals surface area contributed by atoms with Crippen LogP contribution in [0.3, 0.4) is 0 Å². The van der Waals surface area contributed by atoms with Crippen LogP contribution < -0.4 is 9.47 Å². The number of nitrogens with zero attached hydrogens (tertiary/aromatic N) is 1. The van der Waals surface area contributed by atoms with E-state index < -0.39 is 0 Å². The first-order valence-corrected chi connectivity index (χ1v) is 7.61. The molecule has 0 fully saturated rings. The van der Waals surface area contributed by atoms with E-state index in [0.717, 1.165) is 17.9 Å². The van der Waals surface area contributed by atoms with Crippen molar-refractivity contribution in [1.29, 1.82) is 0 Å². The molecular weight excluding hydrogens is 286 g/mol. The van der Waals surface area contributed by atoms with Crippen molar-refractivity contribution in [1.82, 2.24) is 4.90 Å². The summed E-state index contributed by atoms with van der Waals surface area (Å²) in [6.07, 6.45) is 3.45. The molecule has 1 aromatic carbocycles. The molecule has 0 aliphatic carbocycles. The average molecular weight is 316 g/mol. The molecule has 1 atom stereocenters. The third kappa shape index (κ3) is 6.15. The largest absolute Gasteiger partial charge is 0.493 e. The zero-order valence-electron chi connectivity index (χ0n) is 14.0. The van der Waals surface area contributed by atoms with Gasteiger partial charge in [-0.25, -0.2) is 0 Å². The smallest absolute Gasteiger partial charge is 0.160 e. The van der Waals surface area contributed by atoms with E-state index in [0.29, 0.717) is 6.04 Å². The Morgan fingerprint density at radius 2 is 1.57 bits per heavy atom. The van der Waals surface area contributed by atoms with Crippen molar-refractivity contribution in [3.63, 3.8) is 0 Å². The Kier molecular flexibility index (Phi) is 10.3. The summed E-state index contributed by atoms with van der Waals surface area (Å²) in [6, 6.07) is 6.76.